The zero-order valence-corrected chi connectivity index (χ0v) is 12.1. The first kappa shape index (κ1) is 22.0. The molecule has 124 valence electrons. The van der Waals surface area contributed by atoms with Crippen molar-refractivity contribution in [3.8, 4) is 0 Å². The zero-order chi connectivity index (χ0) is 12.9. The summed E-state index contributed by atoms with van der Waals surface area (Å²) in [4.78, 5) is 24.0. The number of β-lactam (4-membered cyclic amide) rings is 1. The topological polar surface area (TPSA) is 214 Å². The molecule has 0 aliphatic carbocycles. The molecule has 0 saturated carbocycles. The fourth-order valence-corrected chi connectivity index (χ4v) is 2.98. The standard InChI is InChI=1S/C10H8N4O3S.4H2O/c1-13-3-5(11-12-13)2-6-8(15)14-7(10(16)17)4-18-9(6)14;;;;/h2-4,9H,1H3,(H,16,17);4*1H2/b6-2-;;;;/t9-;;;;/m1..../s1. The molecule has 1 aromatic rings. The number of carboxylic acids is 1. The first-order valence-corrected chi connectivity index (χ1v) is 6.02. The molecular weight excluding hydrogens is 320 g/mol. The molecule has 12 heteroatoms. The predicted molar refractivity (Wildman–Crippen MR) is 77.4 cm³/mol. The van der Waals surface area contributed by atoms with Crippen molar-refractivity contribution in [2.45, 2.75) is 5.37 Å². The lowest BCUT2D eigenvalue weighted by Gasteiger charge is -2.36. The number of carbonyl (C=O) groups is 2. The average molecular weight is 336 g/mol. The second-order valence-corrected chi connectivity index (χ2v) is 4.84. The number of fused-ring (bicyclic) bond motifs is 1. The van der Waals surface area contributed by atoms with E-state index in [4.69, 9.17) is 5.11 Å². The third-order valence-corrected chi connectivity index (χ3v) is 3.76. The summed E-state index contributed by atoms with van der Waals surface area (Å²) in [7, 11) is 1.73. The minimum atomic E-state index is -1.09. The van der Waals surface area contributed by atoms with Crippen LogP contribution in [0.25, 0.3) is 6.08 Å². The monoisotopic (exact) mass is 336 g/mol. The van der Waals surface area contributed by atoms with Gasteiger partial charge in [0.15, 0.2) is 0 Å². The number of nitrogens with zero attached hydrogens (tertiary/aromatic N) is 4. The van der Waals surface area contributed by atoms with Gasteiger partial charge >= 0.3 is 5.97 Å². The van der Waals surface area contributed by atoms with E-state index in [0.717, 1.165) is 0 Å². The lowest BCUT2D eigenvalue weighted by Crippen LogP contribution is -2.51. The Bertz CT molecular complexity index is 627. The van der Waals surface area contributed by atoms with Crippen molar-refractivity contribution in [3.63, 3.8) is 0 Å². The molecule has 0 unspecified atom stereocenters. The van der Waals surface area contributed by atoms with E-state index in [2.05, 4.69) is 10.3 Å². The molecule has 0 radical (unpaired) electrons. The van der Waals surface area contributed by atoms with Crippen molar-refractivity contribution in [2.24, 2.45) is 7.05 Å². The average Bonchev–Trinajstić information content (AvgIpc) is 2.89. The van der Waals surface area contributed by atoms with Crippen LogP contribution in [0, 0.1) is 0 Å². The molecule has 3 heterocycles. The van der Waals surface area contributed by atoms with Gasteiger partial charge in [-0.1, -0.05) is 5.21 Å². The molecule has 2 aliphatic rings. The van der Waals surface area contributed by atoms with Gasteiger partial charge < -0.3 is 27.0 Å². The third-order valence-electron chi connectivity index (χ3n) is 2.68. The Morgan fingerprint density at radius 3 is 2.50 bits per heavy atom. The van der Waals surface area contributed by atoms with Crippen LogP contribution in [0.5, 0.6) is 0 Å². The smallest absolute Gasteiger partial charge is 0.353 e. The van der Waals surface area contributed by atoms with Gasteiger partial charge in [0, 0.05) is 12.5 Å². The van der Waals surface area contributed by atoms with Gasteiger partial charge in [0.1, 0.15) is 16.8 Å². The number of rotatable bonds is 2. The predicted octanol–water partition coefficient (Wildman–Crippen LogP) is -3.26. The van der Waals surface area contributed by atoms with Crippen LogP contribution >= 0.6 is 11.8 Å². The first-order valence-electron chi connectivity index (χ1n) is 5.08. The lowest BCUT2D eigenvalue weighted by molar-refractivity contribution is -0.141. The van der Waals surface area contributed by atoms with Gasteiger partial charge in [-0.25, -0.2) is 4.79 Å². The molecule has 1 aromatic heterocycles. The normalized spacial score (nSPS) is 19.6. The second-order valence-electron chi connectivity index (χ2n) is 3.89. The lowest BCUT2D eigenvalue weighted by atomic mass is 10.0. The molecule has 22 heavy (non-hydrogen) atoms. The largest absolute Gasteiger partial charge is 0.477 e. The van der Waals surface area contributed by atoms with Gasteiger partial charge in [0.2, 0.25) is 0 Å². The van der Waals surface area contributed by atoms with E-state index in [-0.39, 0.29) is 38.9 Å². The van der Waals surface area contributed by atoms with Crippen LogP contribution < -0.4 is 0 Å². The van der Waals surface area contributed by atoms with Crippen molar-refractivity contribution < 1.29 is 36.6 Å². The van der Waals surface area contributed by atoms with Crippen molar-refractivity contribution in [1.29, 1.82) is 0 Å². The quantitative estimate of drug-likeness (QED) is 0.431. The maximum Gasteiger partial charge on any atom is 0.353 e. The number of hydrogen-bond acceptors (Lipinski definition) is 5. The Morgan fingerprint density at radius 2 is 2.00 bits per heavy atom. The summed E-state index contributed by atoms with van der Waals surface area (Å²) < 4.78 is 1.54. The third kappa shape index (κ3) is 3.15. The summed E-state index contributed by atoms with van der Waals surface area (Å²) in [6.45, 7) is 0. The summed E-state index contributed by atoms with van der Waals surface area (Å²) in [6, 6.07) is 0. The molecule has 1 fully saturated rings. The number of aromatic nitrogens is 3. The van der Waals surface area contributed by atoms with Crippen LogP contribution in [-0.2, 0) is 16.6 Å². The van der Waals surface area contributed by atoms with Gasteiger partial charge in [-0.05, 0) is 6.08 Å². The summed E-state index contributed by atoms with van der Waals surface area (Å²) in [5, 5.41) is 17.8. The Labute approximate surface area is 128 Å². The maximum atomic E-state index is 11.9. The van der Waals surface area contributed by atoms with Crippen LogP contribution in [-0.4, -0.2) is 64.2 Å². The molecule has 1 atom stereocenters. The van der Waals surface area contributed by atoms with Crippen molar-refractivity contribution >= 4 is 29.7 Å². The summed E-state index contributed by atoms with van der Waals surface area (Å²) >= 11 is 1.31. The van der Waals surface area contributed by atoms with Gasteiger partial charge in [0.05, 0.1) is 11.8 Å². The number of thioether (sulfide) groups is 1. The van der Waals surface area contributed by atoms with Gasteiger partial charge in [-0.2, -0.15) is 0 Å². The summed E-state index contributed by atoms with van der Waals surface area (Å²) in [6.07, 6.45) is 3.33. The Balaban J connectivity index is 0. The molecule has 0 spiro atoms. The van der Waals surface area contributed by atoms with Gasteiger partial charge in [-0.3, -0.25) is 14.4 Å². The molecule has 1 saturated heterocycles. The van der Waals surface area contributed by atoms with Crippen LogP contribution in [0.3, 0.4) is 0 Å². The molecule has 0 aromatic carbocycles. The van der Waals surface area contributed by atoms with E-state index in [0.29, 0.717) is 11.3 Å². The molecule has 9 N–H and O–H groups in total. The van der Waals surface area contributed by atoms with Crippen LogP contribution in [0.2, 0.25) is 0 Å². The molecule has 0 bridgehead atoms. The van der Waals surface area contributed by atoms with Crippen molar-refractivity contribution in [3.05, 3.63) is 28.6 Å². The number of hydrogen-bond donors (Lipinski definition) is 1. The van der Waals surface area contributed by atoms with Crippen LogP contribution in [0.15, 0.2) is 22.9 Å². The highest BCUT2D eigenvalue weighted by molar-refractivity contribution is 8.03. The number of aliphatic carboxylic acids is 1. The Morgan fingerprint density at radius 1 is 1.36 bits per heavy atom. The second kappa shape index (κ2) is 7.67. The van der Waals surface area contributed by atoms with Gasteiger partial charge in [0.25, 0.3) is 5.91 Å². The number of carboxylic acid groups (broad SMARTS) is 1. The van der Waals surface area contributed by atoms with Crippen molar-refractivity contribution in [1.82, 2.24) is 19.9 Å². The van der Waals surface area contributed by atoms with E-state index in [1.54, 1.807) is 19.3 Å². The van der Waals surface area contributed by atoms with E-state index in [9.17, 15) is 9.59 Å². The minimum Gasteiger partial charge on any atom is -0.477 e. The molecule has 1 amide bonds. The highest BCUT2D eigenvalue weighted by Crippen LogP contribution is 2.44. The highest BCUT2D eigenvalue weighted by atomic mass is 32.2. The fourth-order valence-electron chi connectivity index (χ4n) is 1.86. The number of amides is 1. The number of aryl methyl sites for hydroxylation is 1. The molecular formula is C10H16N4O7S. The summed E-state index contributed by atoms with van der Waals surface area (Å²) in [5.41, 5.74) is 1.17. The summed E-state index contributed by atoms with van der Waals surface area (Å²) in [5.74, 6) is -1.37. The molecule has 11 nitrogen and oxygen atoms in total. The fraction of sp³-hybridized carbons (Fsp3) is 0.200. The SMILES string of the molecule is Cn1cc(/C=C2/C(=O)N3C(C(=O)O)=CS[C@H]23)nn1.O.O.O.O. The Hall–Kier alpha value is -2.25. The van der Waals surface area contributed by atoms with Gasteiger partial charge in [-0.15, -0.1) is 16.9 Å². The van der Waals surface area contributed by atoms with E-state index >= 15 is 0 Å². The molecule has 3 rings (SSSR count). The van der Waals surface area contributed by atoms with E-state index in [1.165, 1.54) is 26.8 Å². The highest BCUT2D eigenvalue weighted by Gasteiger charge is 2.49. The van der Waals surface area contributed by atoms with E-state index in [1.807, 2.05) is 0 Å². The van der Waals surface area contributed by atoms with E-state index < -0.39 is 5.97 Å². The van der Waals surface area contributed by atoms with Crippen LogP contribution in [0.1, 0.15) is 5.69 Å². The number of carbonyl (C=O) groups excluding carboxylic acids is 1. The Kier molecular flexibility index (Phi) is 7.68. The first-order chi connectivity index (χ1) is 8.58. The maximum absolute atomic E-state index is 11.9. The zero-order valence-electron chi connectivity index (χ0n) is 11.3. The molecule has 2 aliphatic heterocycles. The van der Waals surface area contributed by atoms with Crippen molar-refractivity contribution in [2.75, 3.05) is 0 Å². The van der Waals surface area contributed by atoms with Crippen LogP contribution in [0.4, 0.5) is 0 Å². The minimum absolute atomic E-state index is 0.